The van der Waals surface area contributed by atoms with Gasteiger partial charge in [-0.3, -0.25) is 0 Å². The quantitative estimate of drug-likeness (QED) is 0.778. The lowest BCUT2D eigenvalue weighted by Gasteiger charge is -2.26. The molecule has 1 aromatic rings. The highest BCUT2D eigenvalue weighted by Gasteiger charge is 2.33. The van der Waals surface area contributed by atoms with Crippen molar-refractivity contribution < 1.29 is 12.8 Å². The number of pyridine rings is 1. The molecule has 1 aliphatic rings. The minimum Gasteiger partial charge on any atom is -0.363 e. The van der Waals surface area contributed by atoms with Crippen LogP contribution in [-0.4, -0.2) is 30.9 Å². The minimum atomic E-state index is -2.88. The number of hydrogen-bond acceptors (Lipinski definition) is 4. The molecule has 1 saturated heterocycles. The molecule has 76 valence electrons. The normalized spacial score (nSPS) is 20.1. The van der Waals surface area contributed by atoms with Crippen molar-refractivity contribution in [2.45, 2.75) is 6.04 Å². The summed E-state index contributed by atoms with van der Waals surface area (Å²) in [7, 11) is -2.88. The Morgan fingerprint density at radius 1 is 1.50 bits per heavy atom. The molecule has 0 atom stereocenters. The Morgan fingerprint density at radius 2 is 2.21 bits per heavy atom. The molecule has 1 aromatic heterocycles. The molecule has 6 heteroatoms. The van der Waals surface area contributed by atoms with Gasteiger partial charge in [-0.15, -0.1) is 0 Å². The molecule has 4 nitrogen and oxygen atoms in total. The molecule has 0 radical (unpaired) electrons. The third-order valence-corrected chi connectivity index (χ3v) is 3.83. The zero-order valence-electron chi connectivity index (χ0n) is 7.27. The summed E-state index contributed by atoms with van der Waals surface area (Å²) in [6.07, 6.45) is 1.46. The summed E-state index contributed by atoms with van der Waals surface area (Å²) in [5, 5.41) is 2.74. The van der Waals surface area contributed by atoms with Crippen LogP contribution in [0.25, 0.3) is 0 Å². The predicted octanol–water partition coefficient (Wildman–Crippen LogP) is 0.430. The number of nitrogens with one attached hydrogen (secondary N) is 1. The Hall–Kier alpha value is -1.17. The van der Waals surface area contributed by atoms with Crippen LogP contribution >= 0.6 is 0 Å². The van der Waals surface area contributed by atoms with Crippen molar-refractivity contribution in [2.75, 3.05) is 16.8 Å². The summed E-state index contributed by atoms with van der Waals surface area (Å²) >= 11 is 0. The van der Waals surface area contributed by atoms with Crippen LogP contribution in [0.5, 0.6) is 0 Å². The molecule has 1 N–H and O–H groups in total. The van der Waals surface area contributed by atoms with E-state index in [0.717, 1.165) is 0 Å². The van der Waals surface area contributed by atoms with Gasteiger partial charge in [0, 0.05) is 6.20 Å². The first kappa shape index (κ1) is 9.39. The predicted molar refractivity (Wildman–Crippen MR) is 50.3 cm³/mol. The summed E-state index contributed by atoms with van der Waals surface area (Å²) in [6.45, 7) is 0. The molecule has 0 aromatic carbocycles. The van der Waals surface area contributed by atoms with Crippen LogP contribution in [0, 0.1) is 5.82 Å². The van der Waals surface area contributed by atoms with Crippen LogP contribution in [-0.2, 0) is 9.84 Å². The monoisotopic (exact) mass is 216 g/mol. The van der Waals surface area contributed by atoms with Crippen molar-refractivity contribution in [3.8, 4) is 0 Å². The number of halogens is 1. The van der Waals surface area contributed by atoms with Gasteiger partial charge in [0.1, 0.15) is 0 Å². The summed E-state index contributed by atoms with van der Waals surface area (Å²) in [6, 6.07) is 2.56. The van der Waals surface area contributed by atoms with Crippen molar-refractivity contribution in [3.63, 3.8) is 0 Å². The average molecular weight is 216 g/mol. The van der Waals surface area contributed by atoms with Gasteiger partial charge in [0.25, 0.3) is 0 Å². The molecule has 1 aliphatic heterocycles. The van der Waals surface area contributed by atoms with Crippen LogP contribution in [0.3, 0.4) is 0 Å². The maximum atomic E-state index is 13.0. The lowest BCUT2D eigenvalue weighted by Crippen LogP contribution is -2.46. The van der Waals surface area contributed by atoms with E-state index >= 15 is 0 Å². The first-order valence-electron chi connectivity index (χ1n) is 4.14. The number of sulfone groups is 1. The van der Waals surface area contributed by atoms with E-state index in [0.29, 0.717) is 0 Å². The second-order valence-electron chi connectivity index (χ2n) is 3.25. The van der Waals surface area contributed by atoms with Crippen molar-refractivity contribution in [1.82, 2.24) is 4.98 Å². The van der Waals surface area contributed by atoms with E-state index in [1.807, 2.05) is 0 Å². The van der Waals surface area contributed by atoms with E-state index in [9.17, 15) is 12.8 Å². The molecule has 1 fully saturated rings. The number of aromatic nitrogens is 1. The van der Waals surface area contributed by atoms with Crippen molar-refractivity contribution >= 4 is 15.7 Å². The highest BCUT2D eigenvalue weighted by atomic mass is 32.2. The van der Waals surface area contributed by atoms with Crippen LogP contribution in [0.4, 0.5) is 10.2 Å². The number of hydrogen-bond donors (Lipinski definition) is 1. The Morgan fingerprint density at radius 3 is 2.79 bits per heavy atom. The first-order valence-corrected chi connectivity index (χ1v) is 5.96. The summed E-state index contributed by atoms with van der Waals surface area (Å²) in [4.78, 5) is 3.77. The Labute approximate surface area is 81.1 Å². The molecule has 0 spiro atoms. The maximum absolute atomic E-state index is 13.0. The zero-order valence-corrected chi connectivity index (χ0v) is 8.09. The van der Waals surface area contributed by atoms with E-state index in [2.05, 4.69) is 10.3 Å². The van der Waals surface area contributed by atoms with Gasteiger partial charge in [-0.1, -0.05) is 0 Å². The van der Waals surface area contributed by atoms with Crippen molar-refractivity contribution in [2.24, 2.45) is 0 Å². The second-order valence-corrected chi connectivity index (χ2v) is 5.41. The highest BCUT2D eigenvalue weighted by Crippen LogP contribution is 2.17. The van der Waals surface area contributed by atoms with Crippen molar-refractivity contribution in [1.29, 1.82) is 0 Å². The van der Waals surface area contributed by atoms with Crippen molar-refractivity contribution in [3.05, 3.63) is 24.1 Å². The standard InChI is InChI=1S/C8H9FN2O2S/c9-7-2-1-3-10-8(7)11-6-4-14(12,13)5-6/h1-3,6H,4-5H2,(H,10,11). The molecular weight excluding hydrogens is 207 g/mol. The third-order valence-electron chi connectivity index (χ3n) is 2.01. The fourth-order valence-electron chi connectivity index (χ4n) is 1.33. The van der Waals surface area contributed by atoms with Gasteiger partial charge < -0.3 is 5.32 Å². The van der Waals surface area contributed by atoms with E-state index in [-0.39, 0.29) is 23.4 Å². The van der Waals surface area contributed by atoms with Crippen LogP contribution in [0.1, 0.15) is 0 Å². The van der Waals surface area contributed by atoms with Crippen LogP contribution < -0.4 is 5.32 Å². The lowest BCUT2D eigenvalue weighted by atomic mass is 10.3. The van der Waals surface area contributed by atoms with Gasteiger partial charge >= 0.3 is 0 Å². The van der Waals surface area contributed by atoms with Gasteiger partial charge in [0.2, 0.25) is 0 Å². The molecule has 2 rings (SSSR count). The van der Waals surface area contributed by atoms with Gasteiger partial charge in [-0.2, -0.15) is 0 Å². The molecule has 0 aliphatic carbocycles. The molecular formula is C8H9FN2O2S. The fraction of sp³-hybridized carbons (Fsp3) is 0.375. The number of rotatable bonds is 2. The summed E-state index contributed by atoms with van der Waals surface area (Å²) in [5.41, 5.74) is 0. The summed E-state index contributed by atoms with van der Waals surface area (Å²) in [5.74, 6) is -0.226. The van der Waals surface area contributed by atoms with Crippen LogP contribution in [0.2, 0.25) is 0 Å². The molecule has 2 heterocycles. The lowest BCUT2D eigenvalue weighted by molar-refractivity contribution is 0.567. The number of nitrogens with zero attached hydrogens (tertiary/aromatic N) is 1. The average Bonchev–Trinajstić information content (AvgIpc) is 2.05. The van der Waals surface area contributed by atoms with Gasteiger partial charge in [0.05, 0.1) is 17.5 Å². The van der Waals surface area contributed by atoms with E-state index < -0.39 is 15.7 Å². The highest BCUT2D eigenvalue weighted by molar-refractivity contribution is 7.92. The largest absolute Gasteiger partial charge is 0.363 e. The Balaban J connectivity index is 2.03. The topological polar surface area (TPSA) is 59.1 Å². The van der Waals surface area contributed by atoms with E-state index in [1.54, 1.807) is 0 Å². The van der Waals surface area contributed by atoms with E-state index in [1.165, 1.54) is 18.3 Å². The van der Waals surface area contributed by atoms with Gasteiger partial charge in [0.15, 0.2) is 21.5 Å². The summed E-state index contributed by atoms with van der Waals surface area (Å²) < 4.78 is 34.7. The molecule has 0 bridgehead atoms. The zero-order chi connectivity index (χ0) is 10.2. The first-order chi connectivity index (χ1) is 6.57. The third kappa shape index (κ3) is 1.84. The molecule has 0 unspecified atom stereocenters. The van der Waals surface area contributed by atoms with Crippen LogP contribution in [0.15, 0.2) is 18.3 Å². The fourth-order valence-corrected chi connectivity index (χ4v) is 2.63. The molecule has 0 amide bonds. The van der Waals surface area contributed by atoms with E-state index in [4.69, 9.17) is 0 Å². The Bertz CT molecular complexity index is 434. The smallest absolute Gasteiger partial charge is 0.165 e. The second kappa shape index (κ2) is 3.20. The molecule has 0 saturated carbocycles. The number of anilines is 1. The molecule has 14 heavy (non-hydrogen) atoms. The Kier molecular flexibility index (Phi) is 2.14. The SMILES string of the molecule is O=S1(=O)CC(Nc2ncccc2F)C1. The van der Waals surface area contributed by atoms with Gasteiger partial charge in [-0.25, -0.2) is 17.8 Å². The maximum Gasteiger partial charge on any atom is 0.165 e. The minimum absolute atomic E-state index is 0.0585. The van der Waals surface area contributed by atoms with Gasteiger partial charge in [-0.05, 0) is 12.1 Å².